The molecule has 1 aliphatic rings. The number of halogens is 3. The summed E-state index contributed by atoms with van der Waals surface area (Å²) in [6.45, 7) is 5.34. The first-order chi connectivity index (χ1) is 15.9. The third kappa shape index (κ3) is 4.44. The van der Waals surface area contributed by atoms with Crippen LogP contribution in [0.3, 0.4) is 0 Å². The van der Waals surface area contributed by atoms with Crippen LogP contribution in [0.1, 0.15) is 25.8 Å². The average Bonchev–Trinajstić information content (AvgIpc) is 3.22. The number of alkyl halides is 3. The molecule has 1 fully saturated rings. The summed E-state index contributed by atoms with van der Waals surface area (Å²) in [6.07, 6.45) is 0.174. The third-order valence-electron chi connectivity index (χ3n) is 6.35. The quantitative estimate of drug-likeness (QED) is 0.602. The fraction of sp³-hybridized carbons (Fsp3) is 0.455. The van der Waals surface area contributed by atoms with Gasteiger partial charge in [-0.05, 0) is 18.6 Å². The predicted octanol–water partition coefficient (Wildman–Crippen LogP) is 3.44. The normalized spacial score (nSPS) is 18.2. The molecule has 34 heavy (non-hydrogen) atoms. The van der Waals surface area contributed by atoms with Crippen molar-refractivity contribution < 1.29 is 18.0 Å². The zero-order valence-corrected chi connectivity index (χ0v) is 19.3. The summed E-state index contributed by atoms with van der Waals surface area (Å²) in [5.74, 6) is 0. The second-order valence-electron chi connectivity index (χ2n) is 9.31. The standard InChI is InChI=1S/C22H26F3N7O2/c1-21(2)12-32(15-7-13-9-27-29-18(13)26-10-15)6-5-17(21)31(4)20(34)28-16-8-14(22(23,24)25)11-30(3)19(16)33/h7-11,17H,5-6,12H2,1-4H3,(H,28,34)(H,26,27,29)/t17-/m1/s1. The largest absolute Gasteiger partial charge is 0.417 e. The Morgan fingerprint density at radius 2 is 2.03 bits per heavy atom. The van der Waals surface area contributed by atoms with Crippen molar-refractivity contribution in [2.24, 2.45) is 12.5 Å². The van der Waals surface area contributed by atoms with Gasteiger partial charge < -0.3 is 19.7 Å². The van der Waals surface area contributed by atoms with E-state index in [1.54, 1.807) is 19.4 Å². The van der Waals surface area contributed by atoms with Crippen molar-refractivity contribution in [1.82, 2.24) is 24.6 Å². The minimum Gasteiger partial charge on any atom is -0.370 e. The fourth-order valence-electron chi connectivity index (χ4n) is 4.58. The number of nitrogens with zero attached hydrogens (tertiary/aromatic N) is 5. The lowest BCUT2D eigenvalue weighted by Crippen LogP contribution is -2.57. The second-order valence-corrected chi connectivity index (χ2v) is 9.31. The summed E-state index contributed by atoms with van der Waals surface area (Å²) in [5.41, 5.74) is -0.844. The van der Waals surface area contributed by atoms with Gasteiger partial charge in [-0.25, -0.2) is 9.78 Å². The smallest absolute Gasteiger partial charge is 0.370 e. The van der Waals surface area contributed by atoms with Crippen molar-refractivity contribution >= 4 is 28.4 Å². The SMILES string of the molecule is CN(C(=O)Nc1cc(C(F)(F)F)cn(C)c1=O)[C@@H]1CCN(c2cnc3[nH]ncc3c2)CC1(C)C. The molecule has 4 rings (SSSR count). The van der Waals surface area contributed by atoms with Crippen molar-refractivity contribution in [3.63, 3.8) is 0 Å². The van der Waals surface area contributed by atoms with Gasteiger partial charge in [-0.2, -0.15) is 18.3 Å². The van der Waals surface area contributed by atoms with Gasteiger partial charge in [-0.3, -0.25) is 9.89 Å². The predicted molar refractivity (Wildman–Crippen MR) is 122 cm³/mol. The van der Waals surface area contributed by atoms with Crippen LogP contribution in [0.2, 0.25) is 0 Å². The summed E-state index contributed by atoms with van der Waals surface area (Å²) in [4.78, 5) is 33.3. The van der Waals surface area contributed by atoms with Crippen molar-refractivity contribution in [1.29, 1.82) is 0 Å². The highest BCUT2D eigenvalue weighted by molar-refractivity contribution is 5.89. The van der Waals surface area contributed by atoms with Crippen LogP contribution in [0.4, 0.5) is 29.3 Å². The van der Waals surface area contributed by atoms with Crippen molar-refractivity contribution in [3.05, 3.63) is 46.6 Å². The van der Waals surface area contributed by atoms with E-state index in [-0.39, 0.29) is 11.5 Å². The van der Waals surface area contributed by atoms with Gasteiger partial charge in [-0.1, -0.05) is 13.8 Å². The summed E-state index contributed by atoms with van der Waals surface area (Å²) in [5, 5.41) is 10.1. The molecule has 3 aromatic rings. The average molecular weight is 477 g/mol. The lowest BCUT2D eigenvalue weighted by molar-refractivity contribution is -0.138. The van der Waals surface area contributed by atoms with E-state index in [1.165, 1.54) is 11.9 Å². The molecule has 12 heteroatoms. The molecule has 0 spiro atoms. The molecule has 2 N–H and O–H groups in total. The molecular weight excluding hydrogens is 451 g/mol. The zero-order chi connectivity index (χ0) is 24.8. The number of amides is 2. The van der Waals surface area contributed by atoms with Gasteiger partial charge in [0.2, 0.25) is 0 Å². The third-order valence-corrected chi connectivity index (χ3v) is 6.35. The van der Waals surface area contributed by atoms with E-state index in [9.17, 15) is 22.8 Å². The summed E-state index contributed by atoms with van der Waals surface area (Å²) in [6, 6.07) is 1.83. The molecule has 1 aliphatic heterocycles. The highest BCUT2D eigenvalue weighted by atomic mass is 19.4. The summed E-state index contributed by atoms with van der Waals surface area (Å²) in [7, 11) is 2.81. The number of aromatic amines is 1. The minimum absolute atomic E-state index is 0.205. The number of anilines is 2. The Kier molecular flexibility index (Phi) is 5.78. The van der Waals surface area contributed by atoms with Crippen molar-refractivity contribution in [3.8, 4) is 0 Å². The van der Waals surface area contributed by atoms with E-state index < -0.39 is 29.0 Å². The van der Waals surface area contributed by atoms with Crippen LogP contribution >= 0.6 is 0 Å². The Bertz CT molecular complexity index is 1280. The highest BCUT2D eigenvalue weighted by Gasteiger charge is 2.40. The molecule has 0 aromatic carbocycles. The molecular formula is C22H26F3N7O2. The Morgan fingerprint density at radius 3 is 2.71 bits per heavy atom. The van der Waals surface area contributed by atoms with Gasteiger partial charge in [0, 0.05) is 50.2 Å². The maximum absolute atomic E-state index is 13.2. The number of carbonyl (C=O) groups is 1. The molecule has 2 amide bonds. The number of piperidine rings is 1. The Balaban J connectivity index is 1.50. The monoisotopic (exact) mass is 477 g/mol. The summed E-state index contributed by atoms with van der Waals surface area (Å²) < 4.78 is 40.3. The first-order valence-corrected chi connectivity index (χ1v) is 10.7. The lowest BCUT2D eigenvalue weighted by atomic mass is 9.78. The molecule has 0 saturated carbocycles. The highest BCUT2D eigenvalue weighted by Crippen LogP contribution is 2.35. The molecule has 182 valence electrons. The maximum Gasteiger partial charge on any atom is 0.417 e. The topological polar surface area (TPSA) is 99.1 Å². The Hall–Kier alpha value is -3.57. The molecule has 0 unspecified atom stereocenters. The van der Waals surface area contributed by atoms with Crippen LogP contribution in [0.25, 0.3) is 11.0 Å². The van der Waals surface area contributed by atoms with E-state index in [0.717, 1.165) is 15.6 Å². The Morgan fingerprint density at radius 1 is 1.29 bits per heavy atom. The molecule has 1 atom stereocenters. The van der Waals surface area contributed by atoms with Crippen LogP contribution in [0, 0.1) is 5.41 Å². The lowest BCUT2D eigenvalue weighted by Gasteiger charge is -2.48. The van der Waals surface area contributed by atoms with E-state index >= 15 is 0 Å². The number of pyridine rings is 2. The van der Waals surface area contributed by atoms with Gasteiger partial charge >= 0.3 is 12.2 Å². The van der Waals surface area contributed by atoms with E-state index in [2.05, 4.69) is 25.4 Å². The molecule has 3 aromatic heterocycles. The molecule has 0 aliphatic carbocycles. The van der Waals surface area contributed by atoms with Crippen LogP contribution in [-0.2, 0) is 13.2 Å². The van der Waals surface area contributed by atoms with Crippen LogP contribution < -0.4 is 15.8 Å². The van der Waals surface area contributed by atoms with Crippen molar-refractivity contribution in [2.45, 2.75) is 32.5 Å². The maximum atomic E-state index is 13.2. The number of carbonyl (C=O) groups excluding carboxylic acids is 1. The molecule has 4 heterocycles. The number of hydrogen-bond acceptors (Lipinski definition) is 5. The van der Waals surface area contributed by atoms with Crippen LogP contribution in [0.5, 0.6) is 0 Å². The number of hydrogen-bond donors (Lipinski definition) is 2. The number of aryl methyl sites for hydroxylation is 1. The first-order valence-electron chi connectivity index (χ1n) is 10.7. The minimum atomic E-state index is -4.64. The van der Waals surface area contributed by atoms with Gasteiger partial charge in [-0.15, -0.1) is 0 Å². The number of urea groups is 1. The number of nitrogens with one attached hydrogen (secondary N) is 2. The number of rotatable bonds is 3. The van der Waals surface area contributed by atoms with Crippen LogP contribution in [0.15, 0.2) is 35.5 Å². The molecule has 1 saturated heterocycles. The molecule has 0 radical (unpaired) electrons. The zero-order valence-electron chi connectivity index (χ0n) is 19.3. The molecule has 0 bridgehead atoms. The Labute approximate surface area is 193 Å². The van der Waals surface area contributed by atoms with Crippen LogP contribution in [-0.4, -0.2) is 56.9 Å². The summed E-state index contributed by atoms with van der Waals surface area (Å²) >= 11 is 0. The fourth-order valence-corrected chi connectivity index (χ4v) is 4.58. The van der Waals surface area contributed by atoms with E-state index in [1.807, 2.05) is 19.9 Å². The van der Waals surface area contributed by atoms with Gasteiger partial charge in [0.05, 0.1) is 23.6 Å². The van der Waals surface area contributed by atoms with Crippen molar-refractivity contribution in [2.75, 3.05) is 30.4 Å². The van der Waals surface area contributed by atoms with E-state index in [0.29, 0.717) is 37.4 Å². The van der Waals surface area contributed by atoms with E-state index in [4.69, 9.17) is 0 Å². The van der Waals surface area contributed by atoms with Gasteiger partial charge in [0.1, 0.15) is 5.69 Å². The second kappa shape index (κ2) is 8.33. The van der Waals surface area contributed by atoms with Gasteiger partial charge in [0.15, 0.2) is 5.65 Å². The number of H-pyrrole nitrogens is 1. The number of fused-ring (bicyclic) bond motifs is 1. The number of aromatic nitrogens is 4. The first kappa shape index (κ1) is 23.6. The van der Waals surface area contributed by atoms with Gasteiger partial charge in [0.25, 0.3) is 5.56 Å². The molecule has 9 nitrogen and oxygen atoms in total.